The summed E-state index contributed by atoms with van der Waals surface area (Å²) >= 11 is 5.95. The van der Waals surface area contributed by atoms with Crippen LogP contribution in [0.1, 0.15) is 12.0 Å². The fourth-order valence-electron chi connectivity index (χ4n) is 1.65. The van der Waals surface area contributed by atoms with E-state index in [1.54, 1.807) is 0 Å². The summed E-state index contributed by atoms with van der Waals surface area (Å²) in [6.07, 6.45) is 3.55. The van der Waals surface area contributed by atoms with E-state index < -0.39 is 0 Å². The Morgan fingerprint density at radius 1 is 1.39 bits per heavy atom. The third-order valence-corrected chi connectivity index (χ3v) is 2.77. The molecule has 0 aliphatic carbocycles. The Bertz CT molecular complexity index is 369. The van der Waals surface area contributed by atoms with Gasteiger partial charge in [-0.1, -0.05) is 17.7 Å². The molecule has 100 valence electrons. The molecule has 0 aliphatic rings. The lowest BCUT2D eigenvalue weighted by atomic mass is 10.1. The Labute approximate surface area is 113 Å². The van der Waals surface area contributed by atoms with E-state index in [2.05, 4.69) is 11.9 Å². The maximum Gasteiger partial charge on any atom is 0.122 e. The van der Waals surface area contributed by atoms with Gasteiger partial charge in [0.1, 0.15) is 5.75 Å². The van der Waals surface area contributed by atoms with Crippen LogP contribution in [0.3, 0.4) is 0 Å². The van der Waals surface area contributed by atoms with Gasteiger partial charge in [-0.25, -0.2) is 0 Å². The zero-order chi connectivity index (χ0) is 13.2. The van der Waals surface area contributed by atoms with Gasteiger partial charge in [0.2, 0.25) is 0 Å². The van der Waals surface area contributed by atoms with Crippen LogP contribution in [-0.4, -0.2) is 31.4 Å². The molecular formula is C14H21ClNO2+. The molecule has 0 unspecified atom stereocenters. The second-order valence-corrected chi connectivity index (χ2v) is 4.47. The topological polar surface area (TPSA) is 46.1 Å². The van der Waals surface area contributed by atoms with E-state index in [4.69, 9.17) is 21.4 Å². The average Bonchev–Trinajstić information content (AvgIpc) is 2.36. The summed E-state index contributed by atoms with van der Waals surface area (Å²) < 4.78 is 5.74. The second-order valence-electron chi connectivity index (χ2n) is 4.04. The van der Waals surface area contributed by atoms with E-state index >= 15 is 0 Å². The molecule has 0 aromatic heterocycles. The summed E-state index contributed by atoms with van der Waals surface area (Å²) in [5, 5.41) is 11.4. The van der Waals surface area contributed by atoms with Gasteiger partial charge in [-0.3, -0.25) is 0 Å². The normalized spacial score (nSPS) is 10.3. The predicted molar refractivity (Wildman–Crippen MR) is 74.2 cm³/mol. The zero-order valence-electron chi connectivity index (χ0n) is 10.6. The first-order valence-electron chi connectivity index (χ1n) is 6.22. The van der Waals surface area contributed by atoms with Crippen LogP contribution in [0, 0.1) is 0 Å². The van der Waals surface area contributed by atoms with Gasteiger partial charge in [-0.05, 0) is 30.2 Å². The van der Waals surface area contributed by atoms with Crippen LogP contribution in [0.25, 0.3) is 0 Å². The Kier molecular flexibility index (Phi) is 7.49. The third-order valence-electron chi connectivity index (χ3n) is 2.53. The zero-order valence-corrected chi connectivity index (χ0v) is 11.3. The molecule has 0 aliphatic heterocycles. The average molecular weight is 271 g/mol. The molecule has 1 rings (SSSR count). The number of allylic oxidation sites excluding steroid dienone is 1. The molecule has 0 fully saturated rings. The molecule has 0 bridgehead atoms. The molecule has 0 spiro atoms. The van der Waals surface area contributed by atoms with Gasteiger partial charge in [-0.2, -0.15) is 0 Å². The fourth-order valence-corrected chi connectivity index (χ4v) is 1.84. The van der Waals surface area contributed by atoms with Gasteiger partial charge < -0.3 is 15.2 Å². The number of hydrogen-bond donors (Lipinski definition) is 2. The van der Waals surface area contributed by atoms with E-state index in [9.17, 15) is 0 Å². The first-order valence-corrected chi connectivity index (χ1v) is 6.60. The lowest BCUT2D eigenvalue weighted by Gasteiger charge is -2.10. The quantitative estimate of drug-likeness (QED) is 0.526. The molecule has 18 heavy (non-hydrogen) atoms. The van der Waals surface area contributed by atoms with Gasteiger partial charge in [0, 0.05) is 11.4 Å². The molecule has 3 nitrogen and oxygen atoms in total. The highest BCUT2D eigenvalue weighted by atomic mass is 35.5. The largest absolute Gasteiger partial charge is 0.493 e. The number of rotatable bonds is 9. The summed E-state index contributed by atoms with van der Waals surface area (Å²) in [5.41, 5.74) is 1.07. The van der Waals surface area contributed by atoms with Crippen LogP contribution in [0.15, 0.2) is 30.9 Å². The van der Waals surface area contributed by atoms with E-state index in [1.807, 2.05) is 24.3 Å². The van der Waals surface area contributed by atoms with Crippen molar-refractivity contribution in [3.05, 3.63) is 41.4 Å². The maximum absolute atomic E-state index is 8.64. The minimum Gasteiger partial charge on any atom is -0.493 e. The lowest BCUT2D eigenvalue weighted by molar-refractivity contribution is -0.656. The van der Waals surface area contributed by atoms with Crippen LogP contribution in [0.2, 0.25) is 5.02 Å². The molecule has 0 radical (unpaired) electrons. The number of halogens is 1. The Balaban J connectivity index is 2.38. The predicted octanol–water partition coefficient (Wildman–Crippen LogP) is 1.39. The van der Waals surface area contributed by atoms with Crippen molar-refractivity contribution in [1.82, 2.24) is 0 Å². The van der Waals surface area contributed by atoms with Gasteiger partial charge in [0.25, 0.3) is 0 Å². The van der Waals surface area contributed by atoms with E-state index in [0.717, 1.165) is 42.3 Å². The van der Waals surface area contributed by atoms with Gasteiger partial charge in [-0.15, -0.1) is 6.58 Å². The van der Waals surface area contributed by atoms with Crippen molar-refractivity contribution in [1.29, 1.82) is 0 Å². The standard InChI is InChI=1S/C14H20ClNO2/c1-2-4-12-11-13(15)5-6-14(12)18-10-3-7-16-8-9-17/h2,5-6,11,16-17H,1,3-4,7-10H2/p+1. The molecule has 0 saturated heterocycles. The highest BCUT2D eigenvalue weighted by Gasteiger charge is 2.03. The SMILES string of the molecule is C=CCc1cc(Cl)ccc1OCCC[NH2+]CCO. The molecule has 0 heterocycles. The summed E-state index contributed by atoms with van der Waals surface area (Å²) in [6.45, 7) is 6.34. The van der Waals surface area contributed by atoms with Crippen molar-refractivity contribution in [2.24, 2.45) is 0 Å². The Morgan fingerprint density at radius 3 is 2.94 bits per heavy atom. The van der Waals surface area contributed by atoms with Gasteiger partial charge in [0.15, 0.2) is 0 Å². The summed E-state index contributed by atoms with van der Waals surface area (Å²) in [5.74, 6) is 0.876. The molecule has 4 heteroatoms. The van der Waals surface area contributed by atoms with Crippen molar-refractivity contribution in [2.45, 2.75) is 12.8 Å². The number of aliphatic hydroxyl groups excluding tert-OH is 1. The van der Waals surface area contributed by atoms with Crippen LogP contribution in [-0.2, 0) is 6.42 Å². The van der Waals surface area contributed by atoms with Crippen LogP contribution in [0.5, 0.6) is 5.75 Å². The highest BCUT2D eigenvalue weighted by molar-refractivity contribution is 6.30. The Morgan fingerprint density at radius 2 is 2.22 bits per heavy atom. The number of benzene rings is 1. The number of quaternary nitrogens is 1. The summed E-state index contributed by atoms with van der Waals surface area (Å²) in [4.78, 5) is 0. The van der Waals surface area contributed by atoms with E-state index in [-0.39, 0.29) is 6.61 Å². The minimum absolute atomic E-state index is 0.224. The van der Waals surface area contributed by atoms with E-state index in [0.29, 0.717) is 6.61 Å². The van der Waals surface area contributed by atoms with Crippen LogP contribution >= 0.6 is 11.6 Å². The molecule has 1 aromatic carbocycles. The second kappa shape index (κ2) is 8.97. The fraction of sp³-hybridized carbons (Fsp3) is 0.429. The number of nitrogens with two attached hydrogens (primary N) is 1. The molecule has 1 aromatic rings. The lowest BCUT2D eigenvalue weighted by Crippen LogP contribution is -2.85. The van der Waals surface area contributed by atoms with Crippen molar-refractivity contribution < 1.29 is 15.2 Å². The van der Waals surface area contributed by atoms with Crippen LogP contribution in [0.4, 0.5) is 0 Å². The smallest absolute Gasteiger partial charge is 0.122 e. The molecule has 3 N–H and O–H groups in total. The van der Waals surface area contributed by atoms with Crippen molar-refractivity contribution >= 4 is 11.6 Å². The first kappa shape index (κ1) is 15.0. The number of ether oxygens (including phenoxy) is 1. The van der Waals surface area contributed by atoms with Crippen LogP contribution < -0.4 is 10.1 Å². The van der Waals surface area contributed by atoms with Gasteiger partial charge >= 0.3 is 0 Å². The molecule has 0 amide bonds. The van der Waals surface area contributed by atoms with Gasteiger partial charge in [0.05, 0.1) is 26.3 Å². The molecule has 0 saturated carbocycles. The van der Waals surface area contributed by atoms with E-state index in [1.165, 1.54) is 0 Å². The summed E-state index contributed by atoms with van der Waals surface area (Å²) in [6, 6.07) is 5.65. The highest BCUT2D eigenvalue weighted by Crippen LogP contribution is 2.23. The Hall–Kier alpha value is -1.03. The summed E-state index contributed by atoms with van der Waals surface area (Å²) in [7, 11) is 0. The molecular weight excluding hydrogens is 250 g/mol. The van der Waals surface area contributed by atoms with Crippen molar-refractivity contribution in [3.8, 4) is 5.75 Å². The monoisotopic (exact) mass is 270 g/mol. The number of hydrogen-bond acceptors (Lipinski definition) is 2. The number of aliphatic hydroxyl groups is 1. The minimum atomic E-state index is 0.224. The maximum atomic E-state index is 8.64. The molecule has 0 atom stereocenters. The first-order chi connectivity index (χ1) is 8.77. The third kappa shape index (κ3) is 5.54. The van der Waals surface area contributed by atoms with Crippen molar-refractivity contribution in [2.75, 3.05) is 26.3 Å². The van der Waals surface area contributed by atoms with Crippen molar-refractivity contribution in [3.63, 3.8) is 0 Å².